The van der Waals surface area contributed by atoms with E-state index >= 15 is 0 Å². The van der Waals surface area contributed by atoms with Gasteiger partial charge < -0.3 is 0 Å². The first-order valence-electron chi connectivity index (χ1n) is 2.43. The third-order valence-corrected chi connectivity index (χ3v) is 0.952. The van der Waals surface area contributed by atoms with Crippen molar-refractivity contribution in [3.05, 3.63) is 6.61 Å². The molecule has 0 amide bonds. The van der Waals surface area contributed by atoms with Crippen molar-refractivity contribution in [3.63, 3.8) is 0 Å². The Bertz CT molecular complexity index is 19.4. The third-order valence-electron chi connectivity index (χ3n) is 0.952. The van der Waals surface area contributed by atoms with E-state index < -0.39 is 0 Å². The van der Waals surface area contributed by atoms with Gasteiger partial charge in [0.15, 0.2) is 0 Å². The van der Waals surface area contributed by atoms with Gasteiger partial charge in [-0.3, -0.25) is 0 Å². The SMILES string of the molecule is [CH+]1CCCCO1. The van der Waals surface area contributed by atoms with Crippen LogP contribution in [0.2, 0.25) is 0 Å². The predicted molar refractivity (Wildman–Crippen MR) is 24.1 cm³/mol. The van der Waals surface area contributed by atoms with Crippen molar-refractivity contribution < 1.29 is 4.74 Å². The number of hydrogen-bond donors (Lipinski definition) is 0. The van der Waals surface area contributed by atoms with Crippen molar-refractivity contribution in [1.29, 1.82) is 0 Å². The highest BCUT2D eigenvalue weighted by atomic mass is 16.5. The summed E-state index contributed by atoms with van der Waals surface area (Å²) in [6.45, 7) is 2.84. The molecule has 0 aliphatic carbocycles. The second kappa shape index (κ2) is 2.08. The van der Waals surface area contributed by atoms with Crippen LogP contribution < -0.4 is 0 Å². The summed E-state index contributed by atoms with van der Waals surface area (Å²) in [5, 5.41) is 0. The van der Waals surface area contributed by atoms with Gasteiger partial charge in [-0.2, -0.15) is 4.74 Å². The van der Waals surface area contributed by atoms with Gasteiger partial charge in [0.1, 0.15) is 6.42 Å². The molecule has 1 nitrogen and oxygen atoms in total. The molecule has 0 N–H and O–H groups in total. The van der Waals surface area contributed by atoms with Crippen LogP contribution in [-0.4, -0.2) is 6.61 Å². The molecular formula is C5H9O+. The molecule has 0 bridgehead atoms. The normalized spacial score (nSPS) is 22.7. The van der Waals surface area contributed by atoms with Gasteiger partial charge in [-0.1, -0.05) is 0 Å². The Kier molecular flexibility index (Phi) is 1.39. The fraction of sp³-hybridized carbons (Fsp3) is 0.800. The number of rotatable bonds is 0. The molecular weight excluding hydrogens is 76.1 g/mol. The van der Waals surface area contributed by atoms with E-state index in [4.69, 9.17) is 4.74 Å². The van der Waals surface area contributed by atoms with E-state index in [1.807, 2.05) is 6.61 Å². The van der Waals surface area contributed by atoms with Crippen molar-refractivity contribution in [2.24, 2.45) is 0 Å². The van der Waals surface area contributed by atoms with Gasteiger partial charge in [-0.15, -0.1) is 0 Å². The molecule has 6 heavy (non-hydrogen) atoms. The largest absolute Gasteiger partial charge is 0.227 e. The summed E-state index contributed by atoms with van der Waals surface area (Å²) >= 11 is 0. The maximum Gasteiger partial charge on any atom is 0.227 e. The van der Waals surface area contributed by atoms with Gasteiger partial charge in [0.25, 0.3) is 0 Å². The van der Waals surface area contributed by atoms with Gasteiger partial charge >= 0.3 is 0 Å². The van der Waals surface area contributed by atoms with Crippen LogP contribution in [0.15, 0.2) is 0 Å². The highest BCUT2D eigenvalue weighted by molar-refractivity contribution is 4.56. The second-order valence-electron chi connectivity index (χ2n) is 1.53. The highest BCUT2D eigenvalue weighted by Gasteiger charge is 2.05. The van der Waals surface area contributed by atoms with E-state index in [-0.39, 0.29) is 0 Å². The van der Waals surface area contributed by atoms with Crippen molar-refractivity contribution in [3.8, 4) is 0 Å². The first-order chi connectivity index (χ1) is 3.00. The average Bonchev–Trinajstić information content (AvgIpc) is 1.72. The minimum Gasteiger partial charge on any atom is -0.197 e. The summed E-state index contributed by atoms with van der Waals surface area (Å²) in [5.41, 5.74) is 0. The van der Waals surface area contributed by atoms with Crippen LogP contribution >= 0.6 is 0 Å². The Morgan fingerprint density at radius 3 is 2.50 bits per heavy atom. The molecule has 1 aliphatic rings. The topological polar surface area (TPSA) is 9.23 Å². The Morgan fingerprint density at radius 1 is 1.33 bits per heavy atom. The molecule has 0 atom stereocenters. The summed E-state index contributed by atoms with van der Waals surface area (Å²) in [4.78, 5) is 0. The molecule has 1 heteroatoms. The standard InChI is InChI=1S/C5H9O/c1-2-4-6-5-3-1/h4H,1-3,5H2/q+1. The zero-order chi connectivity index (χ0) is 4.24. The summed E-state index contributed by atoms with van der Waals surface area (Å²) in [5.74, 6) is 0. The van der Waals surface area contributed by atoms with E-state index in [2.05, 4.69) is 0 Å². The van der Waals surface area contributed by atoms with E-state index in [1.165, 1.54) is 12.8 Å². The van der Waals surface area contributed by atoms with Crippen molar-refractivity contribution in [2.45, 2.75) is 19.3 Å². The maximum atomic E-state index is 4.94. The molecule has 1 rings (SSSR count). The van der Waals surface area contributed by atoms with Gasteiger partial charge in [0.2, 0.25) is 6.61 Å². The van der Waals surface area contributed by atoms with Crippen LogP contribution in [-0.2, 0) is 4.74 Å². The predicted octanol–water partition coefficient (Wildman–Crippen LogP) is 1.35. The van der Waals surface area contributed by atoms with Gasteiger partial charge in [-0.05, 0) is 12.8 Å². The van der Waals surface area contributed by atoms with Crippen LogP contribution in [0.5, 0.6) is 0 Å². The van der Waals surface area contributed by atoms with Crippen LogP contribution in [0, 0.1) is 6.61 Å². The fourth-order valence-electron chi connectivity index (χ4n) is 0.580. The molecule has 0 aromatic carbocycles. The number of hydrogen-bond acceptors (Lipinski definition) is 1. The molecule has 0 saturated carbocycles. The van der Waals surface area contributed by atoms with Gasteiger partial charge in [0.05, 0.1) is 6.61 Å². The number of ether oxygens (including phenoxy) is 1. The first kappa shape index (κ1) is 4.00. The molecule has 1 saturated heterocycles. The summed E-state index contributed by atoms with van der Waals surface area (Å²) < 4.78 is 4.94. The molecule has 0 unspecified atom stereocenters. The molecule has 1 heterocycles. The average molecular weight is 85.1 g/mol. The van der Waals surface area contributed by atoms with E-state index in [0.717, 1.165) is 13.0 Å². The smallest absolute Gasteiger partial charge is 0.197 e. The molecule has 1 fully saturated rings. The minimum atomic E-state index is 0.944. The monoisotopic (exact) mass is 85.1 g/mol. The van der Waals surface area contributed by atoms with Crippen LogP contribution in [0.1, 0.15) is 19.3 Å². The highest BCUT2D eigenvalue weighted by Crippen LogP contribution is 2.06. The fourth-order valence-corrected chi connectivity index (χ4v) is 0.580. The second-order valence-corrected chi connectivity index (χ2v) is 1.53. The Labute approximate surface area is 38.3 Å². The lowest BCUT2D eigenvalue weighted by Gasteiger charge is -1.97. The Morgan fingerprint density at radius 2 is 2.33 bits per heavy atom. The zero-order valence-corrected chi connectivity index (χ0v) is 3.81. The van der Waals surface area contributed by atoms with Crippen molar-refractivity contribution in [2.75, 3.05) is 6.61 Å². The van der Waals surface area contributed by atoms with Gasteiger partial charge in [-0.25, -0.2) is 0 Å². The van der Waals surface area contributed by atoms with Crippen LogP contribution in [0.4, 0.5) is 0 Å². The molecule has 0 spiro atoms. The third kappa shape index (κ3) is 0.902. The van der Waals surface area contributed by atoms with E-state index in [1.54, 1.807) is 0 Å². The van der Waals surface area contributed by atoms with Crippen molar-refractivity contribution >= 4 is 0 Å². The van der Waals surface area contributed by atoms with Crippen LogP contribution in [0.3, 0.4) is 0 Å². The first-order valence-corrected chi connectivity index (χ1v) is 2.43. The molecule has 0 radical (unpaired) electrons. The van der Waals surface area contributed by atoms with Crippen molar-refractivity contribution in [1.82, 2.24) is 0 Å². The Hall–Kier alpha value is -0.170. The lowest BCUT2D eigenvalue weighted by molar-refractivity contribution is 0.156. The molecule has 0 aromatic rings. The summed E-state index contributed by atoms with van der Waals surface area (Å²) in [6, 6.07) is 0. The maximum absolute atomic E-state index is 4.94. The van der Waals surface area contributed by atoms with Crippen LogP contribution in [0.25, 0.3) is 0 Å². The minimum absolute atomic E-state index is 0.944. The quantitative estimate of drug-likeness (QED) is 0.403. The Balaban J connectivity index is 2.00. The van der Waals surface area contributed by atoms with Gasteiger partial charge in [0, 0.05) is 0 Å². The summed E-state index contributed by atoms with van der Waals surface area (Å²) in [7, 11) is 0. The van der Waals surface area contributed by atoms with E-state index in [9.17, 15) is 0 Å². The lowest BCUT2D eigenvalue weighted by atomic mass is 10.2. The summed E-state index contributed by atoms with van der Waals surface area (Å²) in [6.07, 6.45) is 3.72. The molecule has 0 aromatic heterocycles. The molecule has 34 valence electrons. The zero-order valence-electron chi connectivity index (χ0n) is 3.81. The van der Waals surface area contributed by atoms with E-state index in [0.29, 0.717) is 0 Å². The lowest BCUT2D eigenvalue weighted by Crippen LogP contribution is -1.97. The molecule has 1 aliphatic heterocycles.